The molecular formula is C15H15N3. The summed E-state index contributed by atoms with van der Waals surface area (Å²) in [6, 6.07) is 10.2. The summed E-state index contributed by atoms with van der Waals surface area (Å²) in [6.45, 7) is 6.15. The van der Waals surface area contributed by atoms with Crippen molar-refractivity contribution >= 4 is 11.0 Å². The molecule has 0 aliphatic rings. The van der Waals surface area contributed by atoms with Crippen molar-refractivity contribution in [2.45, 2.75) is 20.8 Å². The lowest BCUT2D eigenvalue weighted by molar-refractivity contribution is 1.09. The quantitative estimate of drug-likeness (QED) is 0.703. The van der Waals surface area contributed by atoms with Gasteiger partial charge in [0.05, 0.1) is 11.0 Å². The number of fused-ring (bicyclic) bond motifs is 1. The summed E-state index contributed by atoms with van der Waals surface area (Å²) in [5, 5.41) is 0. The van der Waals surface area contributed by atoms with Crippen molar-refractivity contribution in [2.24, 2.45) is 0 Å². The van der Waals surface area contributed by atoms with Gasteiger partial charge in [-0.3, -0.25) is 4.98 Å². The molecule has 3 rings (SSSR count). The maximum absolute atomic E-state index is 4.64. The molecule has 3 aromatic rings. The Morgan fingerprint density at radius 2 is 1.78 bits per heavy atom. The Morgan fingerprint density at radius 1 is 1.00 bits per heavy atom. The van der Waals surface area contributed by atoms with Crippen LogP contribution in [0.25, 0.3) is 22.4 Å². The lowest BCUT2D eigenvalue weighted by Crippen LogP contribution is -1.95. The molecule has 3 heteroatoms. The highest BCUT2D eigenvalue weighted by atomic mass is 14.9. The first-order chi connectivity index (χ1) is 8.65. The maximum Gasteiger partial charge on any atom is 0.140 e. The Labute approximate surface area is 106 Å². The topological polar surface area (TPSA) is 41.6 Å². The summed E-state index contributed by atoms with van der Waals surface area (Å²) in [5.41, 5.74) is 6.44. The van der Waals surface area contributed by atoms with Gasteiger partial charge >= 0.3 is 0 Å². The molecule has 0 saturated carbocycles. The fraction of sp³-hybridized carbons (Fsp3) is 0.200. The first-order valence-electron chi connectivity index (χ1n) is 6.05. The van der Waals surface area contributed by atoms with Gasteiger partial charge in [0.25, 0.3) is 0 Å². The number of imidazole rings is 1. The van der Waals surface area contributed by atoms with E-state index in [0.29, 0.717) is 0 Å². The smallest absolute Gasteiger partial charge is 0.140 e. The van der Waals surface area contributed by atoms with Crippen LogP contribution in [0.4, 0.5) is 0 Å². The van der Waals surface area contributed by atoms with Crippen LogP contribution in [-0.2, 0) is 0 Å². The number of hydrogen-bond donors (Lipinski definition) is 1. The number of H-pyrrole nitrogens is 1. The zero-order valence-electron chi connectivity index (χ0n) is 10.8. The van der Waals surface area contributed by atoms with Crippen LogP contribution in [0.2, 0.25) is 0 Å². The Hall–Kier alpha value is -2.16. The van der Waals surface area contributed by atoms with Gasteiger partial charge in [0.15, 0.2) is 0 Å². The number of aryl methyl sites for hydroxylation is 3. The fourth-order valence-corrected chi connectivity index (χ4v) is 2.45. The highest BCUT2D eigenvalue weighted by molar-refractivity contribution is 5.80. The van der Waals surface area contributed by atoms with Crippen LogP contribution in [0.1, 0.15) is 17.0 Å². The predicted molar refractivity (Wildman–Crippen MR) is 73.5 cm³/mol. The molecule has 0 atom stereocenters. The highest BCUT2D eigenvalue weighted by Crippen LogP contribution is 2.26. The van der Waals surface area contributed by atoms with Crippen LogP contribution >= 0.6 is 0 Å². The molecule has 0 amide bonds. The molecule has 1 aromatic carbocycles. The number of rotatable bonds is 1. The molecule has 90 valence electrons. The second-order valence-corrected chi connectivity index (χ2v) is 4.64. The van der Waals surface area contributed by atoms with Gasteiger partial charge in [0.1, 0.15) is 5.82 Å². The predicted octanol–water partition coefficient (Wildman–Crippen LogP) is 3.55. The standard InChI is InChI=1S/C15H15N3/c1-9-8-10(2)16-11(3)14(9)15-17-12-6-4-5-7-13(12)18-15/h4-8H,1-3H3,(H,17,18). The maximum atomic E-state index is 4.64. The van der Waals surface area contributed by atoms with Crippen LogP contribution in [0.5, 0.6) is 0 Å². The van der Waals surface area contributed by atoms with Gasteiger partial charge in [-0.05, 0) is 44.5 Å². The Morgan fingerprint density at radius 3 is 2.50 bits per heavy atom. The van der Waals surface area contributed by atoms with Gasteiger partial charge in [0.2, 0.25) is 0 Å². The zero-order valence-corrected chi connectivity index (χ0v) is 10.8. The average molecular weight is 237 g/mol. The van der Waals surface area contributed by atoms with E-state index in [1.54, 1.807) is 0 Å². The van der Waals surface area contributed by atoms with E-state index >= 15 is 0 Å². The van der Waals surface area contributed by atoms with Gasteiger partial charge in [-0.2, -0.15) is 0 Å². The number of aromatic amines is 1. The van der Waals surface area contributed by atoms with Crippen LogP contribution in [-0.4, -0.2) is 15.0 Å². The number of nitrogens with one attached hydrogen (secondary N) is 1. The van der Waals surface area contributed by atoms with E-state index in [0.717, 1.165) is 33.8 Å². The van der Waals surface area contributed by atoms with E-state index in [4.69, 9.17) is 0 Å². The molecule has 0 saturated heterocycles. The first-order valence-corrected chi connectivity index (χ1v) is 6.05. The third-order valence-electron chi connectivity index (χ3n) is 3.15. The van der Waals surface area contributed by atoms with Crippen LogP contribution < -0.4 is 0 Å². The fourth-order valence-electron chi connectivity index (χ4n) is 2.45. The minimum atomic E-state index is 0.902. The van der Waals surface area contributed by atoms with Crippen LogP contribution in [0.3, 0.4) is 0 Å². The number of para-hydroxylation sites is 2. The van der Waals surface area contributed by atoms with Crippen LogP contribution in [0.15, 0.2) is 30.3 Å². The number of nitrogens with zero attached hydrogens (tertiary/aromatic N) is 2. The van der Waals surface area contributed by atoms with Gasteiger partial charge in [-0.25, -0.2) is 4.98 Å². The summed E-state index contributed by atoms with van der Waals surface area (Å²) in [5.74, 6) is 0.902. The van der Waals surface area contributed by atoms with Crippen molar-refractivity contribution in [2.75, 3.05) is 0 Å². The molecule has 2 heterocycles. The summed E-state index contributed by atoms with van der Waals surface area (Å²) in [7, 11) is 0. The Kier molecular flexibility index (Phi) is 2.40. The van der Waals surface area contributed by atoms with Gasteiger partial charge in [-0.1, -0.05) is 12.1 Å². The van der Waals surface area contributed by atoms with Crippen molar-refractivity contribution in [1.82, 2.24) is 15.0 Å². The van der Waals surface area contributed by atoms with Gasteiger partial charge in [-0.15, -0.1) is 0 Å². The summed E-state index contributed by atoms with van der Waals surface area (Å²) in [4.78, 5) is 12.5. The third kappa shape index (κ3) is 1.68. The van der Waals surface area contributed by atoms with Crippen molar-refractivity contribution in [1.29, 1.82) is 0 Å². The van der Waals surface area contributed by atoms with Crippen molar-refractivity contribution in [3.05, 3.63) is 47.3 Å². The molecule has 0 aliphatic carbocycles. The lowest BCUT2D eigenvalue weighted by Gasteiger charge is -2.07. The monoisotopic (exact) mass is 237 g/mol. The van der Waals surface area contributed by atoms with E-state index in [1.807, 2.05) is 38.1 Å². The summed E-state index contributed by atoms with van der Waals surface area (Å²) < 4.78 is 0. The zero-order chi connectivity index (χ0) is 12.7. The minimum absolute atomic E-state index is 0.902. The average Bonchev–Trinajstić information content (AvgIpc) is 2.70. The van der Waals surface area contributed by atoms with Crippen LogP contribution in [0, 0.1) is 20.8 Å². The molecule has 0 spiro atoms. The third-order valence-corrected chi connectivity index (χ3v) is 3.15. The van der Waals surface area contributed by atoms with Crippen molar-refractivity contribution in [3.8, 4) is 11.4 Å². The van der Waals surface area contributed by atoms with E-state index in [9.17, 15) is 0 Å². The molecule has 0 bridgehead atoms. The summed E-state index contributed by atoms with van der Waals surface area (Å²) >= 11 is 0. The molecular weight excluding hydrogens is 222 g/mol. The SMILES string of the molecule is Cc1cc(C)c(-c2nc3ccccc3[nH]2)c(C)n1. The lowest BCUT2D eigenvalue weighted by atomic mass is 10.1. The molecule has 0 aliphatic heterocycles. The number of pyridine rings is 1. The van der Waals surface area contributed by atoms with E-state index < -0.39 is 0 Å². The van der Waals surface area contributed by atoms with Gasteiger partial charge < -0.3 is 4.98 Å². The molecule has 2 aromatic heterocycles. The highest BCUT2D eigenvalue weighted by Gasteiger charge is 2.11. The van der Waals surface area contributed by atoms with Crippen molar-refractivity contribution in [3.63, 3.8) is 0 Å². The Balaban J connectivity index is 2.26. The molecule has 0 unspecified atom stereocenters. The number of aromatic nitrogens is 3. The molecule has 1 N–H and O–H groups in total. The second kappa shape index (κ2) is 3.95. The second-order valence-electron chi connectivity index (χ2n) is 4.64. The minimum Gasteiger partial charge on any atom is -0.338 e. The van der Waals surface area contributed by atoms with Gasteiger partial charge in [0, 0.05) is 17.0 Å². The number of hydrogen-bond acceptors (Lipinski definition) is 2. The van der Waals surface area contributed by atoms with E-state index in [2.05, 4.69) is 27.9 Å². The van der Waals surface area contributed by atoms with Crippen molar-refractivity contribution < 1.29 is 0 Å². The summed E-state index contributed by atoms with van der Waals surface area (Å²) in [6.07, 6.45) is 0. The normalized spacial score (nSPS) is 11.1. The first kappa shape index (κ1) is 11.0. The largest absolute Gasteiger partial charge is 0.338 e. The molecule has 0 fully saturated rings. The molecule has 18 heavy (non-hydrogen) atoms. The molecule has 0 radical (unpaired) electrons. The van der Waals surface area contributed by atoms with E-state index in [1.165, 1.54) is 5.56 Å². The van der Waals surface area contributed by atoms with E-state index in [-0.39, 0.29) is 0 Å². The molecule has 3 nitrogen and oxygen atoms in total. The Bertz CT molecular complexity index is 669. The number of benzene rings is 1.